The molecule has 0 radical (unpaired) electrons. The third kappa shape index (κ3) is 4.56. The van der Waals surface area contributed by atoms with Crippen molar-refractivity contribution in [3.63, 3.8) is 0 Å². The molecule has 0 fully saturated rings. The van der Waals surface area contributed by atoms with E-state index in [2.05, 4.69) is 17.1 Å². The molecule has 3 N–H and O–H groups in total. The summed E-state index contributed by atoms with van der Waals surface area (Å²) in [5.41, 5.74) is 6.49. The summed E-state index contributed by atoms with van der Waals surface area (Å²) in [5.74, 6) is 2.09. The molecule has 0 aliphatic heterocycles. The Balaban J connectivity index is 1.95. The van der Waals surface area contributed by atoms with Gasteiger partial charge in [-0.25, -0.2) is 0 Å². The number of aryl methyl sites for hydroxylation is 1. The smallest absolute Gasteiger partial charge is 0.226 e. The van der Waals surface area contributed by atoms with Gasteiger partial charge in [-0.3, -0.25) is 0 Å². The molecule has 0 spiro atoms. The van der Waals surface area contributed by atoms with Crippen molar-refractivity contribution >= 4 is 0 Å². The molecule has 2 rings (SSSR count). The van der Waals surface area contributed by atoms with Gasteiger partial charge in [0.05, 0.1) is 0 Å². The lowest BCUT2D eigenvalue weighted by Gasteiger charge is -2.13. The van der Waals surface area contributed by atoms with Crippen molar-refractivity contribution in [2.45, 2.75) is 39.0 Å². The maximum absolute atomic E-state index is 9.28. The van der Waals surface area contributed by atoms with Crippen LogP contribution in [-0.2, 0) is 6.42 Å². The number of rotatable bonds is 8. The molecular formula is C16H23N3O2. The first kappa shape index (κ1) is 15.5. The zero-order valence-corrected chi connectivity index (χ0v) is 12.5. The van der Waals surface area contributed by atoms with Crippen LogP contribution >= 0.6 is 0 Å². The van der Waals surface area contributed by atoms with Gasteiger partial charge in [0, 0.05) is 12.0 Å². The molecular weight excluding hydrogens is 266 g/mol. The van der Waals surface area contributed by atoms with Gasteiger partial charge >= 0.3 is 0 Å². The van der Waals surface area contributed by atoms with Crippen LogP contribution in [0.3, 0.4) is 0 Å². The molecule has 1 heterocycles. The zero-order chi connectivity index (χ0) is 15.1. The van der Waals surface area contributed by atoms with Crippen LogP contribution in [0.15, 0.2) is 28.8 Å². The Labute approximate surface area is 125 Å². The second kappa shape index (κ2) is 7.78. The summed E-state index contributed by atoms with van der Waals surface area (Å²) in [6, 6.07) is 6.78. The first-order valence-electron chi connectivity index (χ1n) is 7.55. The van der Waals surface area contributed by atoms with Gasteiger partial charge in [0.25, 0.3) is 0 Å². The molecule has 114 valence electrons. The number of phenolic OH excluding ortho intramolecular Hbond substituents is 1. The molecule has 1 atom stereocenters. The van der Waals surface area contributed by atoms with E-state index in [0.717, 1.165) is 31.4 Å². The summed E-state index contributed by atoms with van der Waals surface area (Å²) in [7, 11) is 0. The van der Waals surface area contributed by atoms with Gasteiger partial charge in [-0.15, -0.1) is 0 Å². The summed E-state index contributed by atoms with van der Waals surface area (Å²) >= 11 is 0. The van der Waals surface area contributed by atoms with Gasteiger partial charge in [-0.1, -0.05) is 24.9 Å². The average molecular weight is 289 g/mol. The first-order valence-corrected chi connectivity index (χ1v) is 7.55. The Kier molecular flexibility index (Phi) is 5.75. The van der Waals surface area contributed by atoms with Gasteiger partial charge in [0.1, 0.15) is 5.75 Å². The van der Waals surface area contributed by atoms with Crippen LogP contribution in [0.5, 0.6) is 5.75 Å². The van der Waals surface area contributed by atoms with E-state index in [9.17, 15) is 5.11 Å². The topological polar surface area (TPSA) is 85.2 Å². The van der Waals surface area contributed by atoms with E-state index in [1.165, 1.54) is 12.8 Å². The number of hydrogen-bond donors (Lipinski definition) is 2. The van der Waals surface area contributed by atoms with Crippen LogP contribution in [0.25, 0.3) is 11.4 Å². The molecule has 1 unspecified atom stereocenters. The van der Waals surface area contributed by atoms with E-state index in [1.54, 1.807) is 24.3 Å². The minimum atomic E-state index is 0.228. The number of hydrogen-bond acceptors (Lipinski definition) is 5. The molecule has 0 amide bonds. The lowest BCUT2D eigenvalue weighted by Crippen LogP contribution is -2.09. The molecule has 0 aliphatic carbocycles. The monoisotopic (exact) mass is 289 g/mol. The largest absolute Gasteiger partial charge is 0.508 e. The molecule has 5 nitrogen and oxygen atoms in total. The summed E-state index contributed by atoms with van der Waals surface area (Å²) in [4.78, 5) is 4.41. The van der Waals surface area contributed by atoms with Crippen molar-refractivity contribution in [3.8, 4) is 17.1 Å². The average Bonchev–Trinajstić information content (AvgIpc) is 2.95. The molecule has 1 aromatic heterocycles. The highest BCUT2D eigenvalue weighted by atomic mass is 16.5. The molecule has 0 bridgehead atoms. The highest BCUT2D eigenvalue weighted by molar-refractivity contribution is 5.55. The Morgan fingerprint density at radius 3 is 2.62 bits per heavy atom. The number of aromatic hydroxyl groups is 1. The SMILES string of the molecule is CCCC(CCN)CCc1nc(-c2ccc(O)cc2)no1. The van der Waals surface area contributed by atoms with Gasteiger partial charge < -0.3 is 15.4 Å². The second-order valence-electron chi connectivity index (χ2n) is 5.33. The van der Waals surface area contributed by atoms with Crippen molar-refractivity contribution in [2.75, 3.05) is 6.54 Å². The summed E-state index contributed by atoms with van der Waals surface area (Å²) in [5, 5.41) is 13.3. The Bertz CT molecular complexity index is 531. The molecule has 21 heavy (non-hydrogen) atoms. The van der Waals surface area contributed by atoms with E-state index in [-0.39, 0.29) is 5.75 Å². The van der Waals surface area contributed by atoms with Crippen molar-refractivity contribution < 1.29 is 9.63 Å². The summed E-state index contributed by atoms with van der Waals surface area (Å²) in [6.07, 6.45) is 5.23. The van der Waals surface area contributed by atoms with Crippen LogP contribution in [0.4, 0.5) is 0 Å². The van der Waals surface area contributed by atoms with Crippen molar-refractivity contribution in [2.24, 2.45) is 11.7 Å². The zero-order valence-electron chi connectivity index (χ0n) is 12.5. The number of nitrogens with two attached hydrogens (primary N) is 1. The van der Waals surface area contributed by atoms with E-state index in [0.29, 0.717) is 17.6 Å². The first-order chi connectivity index (χ1) is 10.2. The number of nitrogens with zero attached hydrogens (tertiary/aromatic N) is 2. The predicted molar refractivity (Wildman–Crippen MR) is 81.8 cm³/mol. The van der Waals surface area contributed by atoms with E-state index in [4.69, 9.17) is 10.3 Å². The van der Waals surface area contributed by atoms with E-state index < -0.39 is 0 Å². The van der Waals surface area contributed by atoms with Crippen LogP contribution < -0.4 is 5.73 Å². The Morgan fingerprint density at radius 2 is 1.95 bits per heavy atom. The number of phenols is 1. The van der Waals surface area contributed by atoms with Gasteiger partial charge in [0.2, 0.25) is 11.7 Å². The fraction of sp³-hybridized carbons (Fsp3) is 0.500. The fourth-order valence-electron chi connectivity index (χ4n) is 2.49. The predicted octanol–water partition coefficient (Wildman–Crippen LogP) is 3.14. The standard InChI is InChI=1S/C16H23N3O2/c1-2-3-12(10-11-17)4-9-15-18-16(19-21-15)13-5-7-14(20)8-6-13/h5-8,12,20H,2-4,9-11,17H2,1H3. The van der Waals surface area contributed by atoms with Crippen LogP contribution in [0.2, 0.25) is 0 Å². The Morgan fingerprint density at radius 1 is 1.19 bits per heavy atom. The maximum Gasteiger partial charge on any atom is 0.226 e. The quantitative estimate of drug-likeness (QED) is 0.779. The minimum Gasteiger partial charge on any atom is -0.508 e. The molecule has 0 saturated carbocycles. The second-order valence-corrected chi connectivity index (χ2v) is 5.33. The fourth-order valence-corrected chi connectivity index (χ4v) is 2.49. The summed E-state index contributed by atoms with van der Waals surface area (Å²) in [6.45, 7) is 2.92. The maximum atomic E-state index is 9.28. The molecule has 1 aromatic carbocycles. The molecule has 0 aliphatic rings. The van der Waals surface area contributed by atoms with Crippen LogP contribution in [-0.4, -0.2) is 21.8 Å². The van der Waals surface area contributed by atoms with Crippen LogP contribution in [0.1, 0.15) is 38.5 Å². The number of aromatic nitrogens is 2. The Hall–Kier alpha value is -1.88. The van der Waals surface area contributed by atoms with Crippen molar-refractivity contribution in [1.82, 2.24) is 10.1 Å². The highest BCUT2D eigenvalue weighted by Crippen LogP contribution is 2.21. The van der Waals surface area contributed by atoms with Gasteiger partial charge in [-0.05, 0) is 49.6 Å². The van der Waals surface area contributed by atoms with Gasteiger partial charge in [-0.2, -0.15) is 4.98 Å². The summed E-state index contributed by atoms with van der Waals surface area (Å²) < 4.78 is 5.30. The highest BCUT2D eigenvalue weighted by Gasteiger charge is 2.12. The minimum absolute atomic E-state index is 0.228. The van der Waals surface area contributed by atoms with E-state index >= 15 is 0 Å². The van der Waals surface area contributed by atoms with Gasteiger partial charge in [0.15, 0.2) is 0 Å². The van der Waals surface area contributed by atoms with Crippen molar-refractivity contribution in [1.29, 1.82) is 0 Å². The third-order valence-corrected chi connectivity index (χ3v) is 3.63. The number of benzene rings is 1. The molecule has 2 aromatic rings. The van der Waals surface area contributed by atoms with E-state index in [1.807, 2.05) is 0 Å². The lowest BCUT2D eigenvalue weighted by atomic mass is 9.94. The lowest BCUT2D eigenvalue weighted by molar-refractivity contribution is 0.349. The van der Waals surface area contributed by atoms with Crippen LogP contribution in [0, 0.1) is 5.92 Å². The molecule has 0 saturated heterocycles. The third-order valence-electron chi connectivity index (χ3n) is 3.63. The molecule has 5 heteroatoms. The normalized spacial score (nSPS) is 12.5. The van der Waals surface area contributed by atoms with Crippen molar-refractivity contribution in [3.05, 3.63) is 30.2 Å².